The highest BCUT2D eigenvalue weighted by molar-refractivity contribution is 5.84. The molecule has 3 aromatic heterocycles. The van der Waals surface area contributed by atoms with E-state index in [0.29, 0.717) is 30.1 Å². The monoisotopic (exact) mass is 430 g/mol. The van der Waals surface area contributed by atoms with Crippen LogP contribution in [0.3, 0.4) is 0 Å². The SMILES string of the molecule is O=C(O)C1CCC(Oc2ccc(-c3ccc(-c4nc5c(O)cccc5[nH]4)cn3)cn2)CC1. The number of benzene rings is 1. The summed E-state index contributed by atoms with van der Waals surface area (Å²) in [5.74, 6) is 0.330. The summed E-state index contributed by atoms with van der Waals surface area (Å²) in [5.41, 5.74) is 3.74. The number of carbonyl (C=O) groups is 1. The predicted octanol–water partition coefficient (Wildman–Crippen LogP) is 4.41. The number of imidazole rings is 1. The number of phenolic OH excluding ortho intramolecular Hbond substituents is 1. The predicted molar refractivity (Wildman–Crippen MR) is 118 cm³/mol. The lowest BCUT2D eigenvalue weighted by Gasteiger charge is -2.26. The first-order valence-electron chi connectivity index (χ1n) is 10.6. The van der Waals surface area contributed by atoms with Crippen LogP contribution in [0.4, 0.5) is 0 Å². The van der Waals surface area contributed by atoms with Gasteiger partial charge in [0, 0.05) is 29.6 Å². The van der Waals surface area contributed by atoms with E-state index in [1.807, 2.05) is 30.3 Å². The molecule has 1 fully saturated rings. The minimum absolute atomic E-state index is 0.00426. The van der Waals surface area contributed by atoms with Gasteiger partial charge in [0.25, 0.3) is 0 Å². The summed E-state index contributed by atoms with van der Waals surface area (Å²) >= 11 is 0. The van der Waals surface area contributed by atoms with Crippen molar-refractivity contribution in [2.24, 2.45) is 5.92 Å². The molecule has 0 unspecified atom stereocenters. The van der Waals surface area contributed by atoms with Gasteiger partial charge in [-0.1, -0.05) is 6.07 Å². The van der Waals surface area contributed by atoms with Crippen LogP contribution in [0.2, 0.25) is 0 Å². The molecule has 0 amide bonds. The van der Waals surface area contributed by atoms with Crippen molar-refractivity contribution in [1.29, 1.82) is 0 Å². The smallest absolute Gasteiger partial charge is 0.306 e. The Morgan fingerprint density at radius 2 is 1.75 bits per heavy atom. The Hall–Kier alpha value is -3.94. The van der Waals surface area contributed by atoms with Crippen LogP contribution in [-0.4, -0.2) is 42.2 Å². The number of nitrogens with one attached hydrogen (secondary N) is 1. The number of carboxylic acids is 1. The molecule has 5 rings (SSSR count). The van der Waals surface area contributed by atoms with Crippen LogP contribution in [-0.2, 0) is 4.79 Å². The van der Waals surface area contributed by atoms with E-state index in [0.717, 1.165) is 35.2 Å². The Kier molecular flexibility index (Phi) is 5.18. The maximum absolute atomic E-state index is 11.1. The zero-order chi connectivity index (χ0) is 22.1. The molecule has 0 saturated heterocycles. The molecule has 0 bridgehead atoms. The number of aliphatic carboxylic acids is 1. The summed E-state index contributed by atoms with van der Waals surface area (Å²) < 4.78 is 5.93. The Morgan fingerprint density at radius 3 is 2.41 bits per heavy atom. The minimum atomic E-state index is -0.720. The summed E-state index contributed by atoms with van der Waals surface area (Å²) in [7, 11) is 0. The van der Waals surface area contributed by atoms with E-state index in [-0.39, 0.29) is 17.8 Å². The number of pyridine rings is 2. The molecule has 1 saturated carbocycles. The van der Waals surface area contributed by atoms with Gasteiger partial charge >= 0.3 is 5.97 Å². The van der Waals surface area contributed by atoms with Gasteiger partial charge in [-0.3, -0.25) is 9.78 Å². The summed E-state index contributed by atoms with van der Waals surface area (Å²) in [5, 5.41) is 19.0. The summed E-state index contributed by atoms with van der Waals surface area (Å²) in [6.45, 7) is 0. The molecule has 0 aliphatic heterocycles. The Balaban J connectivity index is 1.26. The number of aromatic amines is 1. The highest BCUT2D eigenvalue weighted by Gasteiger charge is 2.27. The first kappa shape index (κ1) is 20.0. The average molecular weight is 430 g/mol. The summed E-state index contributed by atoms with van der Waals surface area (Å²) in [4.78, 5) is 27.7. The van der Waals surface area contributed by atoms with Crippen LogP contribution in [0, 0.1) is 5.92 Å². The van der Waals surface area contributed by atoms with Crippen molar-refractivity contribution in [2.45, 2.75) is 31.8 Å². The van der Waals surface area contributed by atoms with Crippen molar-refractivity contribution in [3.63, 3.8) is 0 Å². The van der Waals surface area contributed by atoms with Gasteiger partial charge < -0.3 is 19.9 Å². The fourth-order valence-corrected chi connectivity index (χ4v) is 4.06. The van der Waals surface area contributed by atoms with Gasteiger partial charge in [-0.2, -0.15) is 0 Å². The Morgan fingerprint density at radius 1 is 0.969 bits per heavy atom. The van der Waals surface area contributed by atoms with Gasteiger partial charge in [0.1, 0.15) is 23.2 Å². The number of phenols is 1. The lowest BCUT2D eigenvalue weighted by molar-refractivity contribution is -0.143. The highest BCUT2D eigenvalue weighted by Crippen LogP contribution is 2.29. The number of hydrogen-bond acceptors (Lipinski definition) is 6. The van der Waals surface area contributed by atoms with Crippen LogP contribution in [0.5, 0.6) is 11.6 Å². The third-order valence-corrected chi connectivity index (χ3v) is 5.87. The largest absolute Gasteiger partial charge is 0.506 e. The van der Waals surface area contributed by atoms with Crippen LogP contribution in [0.1, 0.15) is 25.7 Å². The number of hydrogen-bond donors (Lipinski definition) is 3. The fraction of sp³-hybridized carbons (Fsp3) is 0.250. The van der Waals surface area contributed by atoms with E-state index in [1.54, 1.807) is 24.5 Å². The number of para-hydroxylation sites is 1. The molecule has 8 nitrogen and oxygen atoms in total. The van der Waals surface area contributed by atoms with Crippen molar-refractivity contribution >= 4 is 17.0 Å². The zero-order valence-corrected chi connectivity index (χ0v) is 17.2. The van der Waals surface area contributed by atoms with Gasteiger partial charge in [-0.25, -0.2) is 9.97 Å². The van der Waals surface area contributed by atoms with Crippen molar-refractivity contribution in [3.8, 4) is 34.3 Å². The molecule has 1 aromatic carbocycles. The Bertz CT molecular complexity index is 1240. The molecule has 0 atom stereocenters. The topological polar surface area (TPSA) is 121 Å². The van der Waals surface area contributed by atoms with Crippen LogP contribution in [0.25, 0.3) is 33.7 Å². The van der Waals surface area contributed by atoms with Crippen molar-refractivity contribution in [3.05, 3.63) is 54.9 Å². The van der Waals surface area contributed by atoms with E-state index >= 15 is 0 Å². The zero-order valence-electron chi connectivity index (χ0n) is 17.2. The molecule has 32 heavy (non-hydrogen) atoms. The number of aromatic nitrogens is 4. The number of aromatic hydroxyl groups is 1. The van der Waals surface area contributed by atoms with Gasteiger partial charge in [0.2, 0.25) is 5.88 Å². The number of ether oxygens (including phenoxy) is 1. The average Bonchev–Trinajstić information content (AvgIpc) is 3.26. The lowest BCUT2D eigenvalue weighted by atomic mass is 9.87. The fourth-order valence-electron chi connectivity index (χ4n) is 4.06. The van der Waals surface area contributed by atoms with E-state index < -0.39 is 5.97 Å². The summed E-state index contributed by atoms with van der Waals surface area (Å²) in [6.07, 6.45) is 6.18. The molecule has 1 aliphatic rings. The molecule has 8 heteroatoms. The second-order valence-electron chi connectivity index (χ2n) is 8.01. The van der Waals surface area contributed by atoms with Crippen LogP contribution in [0.15, 0.2) is 54.9 Å². The first-order chi connectivity index (χ1) is 15.6. The molecule has 4 aromatic rings. The van der Waals surface area contributed by atoms with Gasteiger partial charge in [-0.05, 0) is 56.0 Å². The van der Waals surface area contributed by atoms with Crippen LogP contribution < -0.4 is 4.74 Å². The van der Waals surface area contributed by atoms with Gasteiger partial charge in [0.15, 0.2) is 0 Å². The number of rotatable bonds is 5. The van der Waals surface area contributed by atoms with E-state index in [9.17, 15) is 9.90 Å². The number of fused-ring (bicyclic) bond motifs is 1. The number of nitrogens with zero attached hydrogens (tertiary/aromatic N) is 3. The Labute approximate surface area is 184 Å². The standard InChI is InChI=1S/C24H22N4O4/c29-20-3-1-2-19-22(20)28-23(27-19)16-6-10-18(25-13-16)15-7-11-21(26-12-15)32-17-8-4-14(5-9-17)24(30)31/h1-3,6-7,10-14,17,29H,4-5,8-9H2,(H,27,28)(H,30,31). The lowest BCUT2D eigenvalue weighted by Crippen LogP contribution is -2.28. The van der Waals surface area contributed by atoms with E-state index in [1.165, 1.54) is 0 Å². The molecule has 162 valence electrons. The first-order valence-corrected chi connectivity index (χ1v) is 10.6. The van der Waals surface area contributed by atoms with Crippen molar-refractivity contribution in [2.75, 3.05) is 0 Å². The van der Waals surface area contributed by atoms with Crippen molar-refractivity contribution < 1.29 is 19.7 Å². The molecular weight excluding hydrogens is 408 g/mol. The molecule has 3 heterocycles. The van der Waals surface area contributed by atoms with Gasteiger partial charge in [-0.15, -0.1) is 0 Å². The minimum Gasteiger partial charge on any atom is -0.506 e. The molecular formula is C24H22N4O4. The second-order valence-corrected chi connectivity index (χ2v) is 8.01. The normalized spacial score (nSPS) is 18.5. The van der Waals surface area contributed by atoms with Crippen molar-refractivity contribution in [1.82, 2.24) is 19.9 Å². The molecule has 3 N–H and O–H groups in total. The molecule has 0 radical (unpaired) electrons. The second kappa shape index (κ2) is 8.30. The quantitative estimate of drug-likeness (QED) is 0.429. The maximum atomic E-state index is 11.1. The van der Waals surface area contributed by atoms with Gasteiger partial charge in [0.05, 0.1) is 17.1 Å². The van der Waals surface area contributed by atoms with Crippen LogP contribution >= 0.6 is 0 Å². The maximum Gasteiger partial charge on any atom is 0.306 e. The number of carboxylic acid groups (broad SMARTS) is 1. The third-order valence-electron chi connectivity index (χ3n) is 5.87. The number of H-pyrrole nitrogens is 1. The van der Waals surface area contributed by atoms with E-state index in [4.69, 9.17) is 9.84 Å². The molecule has 0 spiro atoms. The van der Waals surface area contributed by atoms with E-state index in [2.05, 4.69) is 19.9 Å². The third kappa shape index (κ3) is 3.99. The highest BCUT2D eigenvalue weighted by atomic mass is 16.5. The molecule has 1 aliphatic carbocycles. The summed E-state index contributed by atoms with van der Waals surface area (Å²) in [6, 6.07) is 12.8.